The van der Waals surface area contributed by atoms with E-state index in [9.17, 15) is 9.18 Å². The smallest absolute Gasteiger partial charge is 0.410 e. The van der Waals surface area contributed by atoms with Crippen molar-refractivity contribution in [1.29, 1.82) is 0 Å². The first-order chi connectivity index (χ1) is 13.1. The number of carbonyl (C=O) groups is 1. The summed E-state index contributed by atoms with van der Waals surface area (Å²) < 4.78 is 20.0. The largest absolute Gasteiger partial charge is 0.449 e. The van der Waals surface area contributed by atoms with Crippen LogP contribution in [0.1, 0.15) is 36.2 Å². The summed E-state index contributed by atoms with van der Waals surface area (Å²) in [7, 11) is 0. The molecule has 1 aliphatic heterocycles. The normalized spacial score (nSPS) is 16.4. The lowest BCUT2D eigenvalue weighted by Gasteiger charge is -2.35. The Morgan fingerprint density at radius 1 is 1.33 bits per heavy atom. The van der Waals surface area contributed by atoms with Crippen molar-refractivity contribution in [3.05, 3.63) is 70.1 Å². The molecule has 1 amide bonds. The van der Waals surface area contributed by atoms with Crippen molar-refractivity contribution in [3.63, 3.8) is 0 Å². The van der Waals surface area contributed by atoms with Gasteiger partial charge in [0.25, 0.3) is 0 Å². The van der Waals surface area contributed by atoms with E-state index in [1.807, 2.05) is 25.1 Å². The molecule has 1 aromatic heterocycles. The van der Waals surface area contributed by atoms with Crippen LogP contribution in [0, 0.1) is 5.82 Å². The van der Waals surface area contributed by atoms with E-state index in [2.05, 4.69) is 4.98 Å². The van der Waals surface area contributed by atoms with Gasteiger partial charge in [-0.05, 0) is 42.7 Å². The third-order valence-electron chi connectivity index (χ3n) is 4.95. The molecule has 0 spiro atoms. The molecule has 27 heavy (non-hydrogen) atoms. The first kappa shape index (κ1) is 17.9. The molecule has 140 valence electrons. The van der Waals surface area contributed by atoms with Gasteiger partial charge in [-0.25, -0.2) is 9.18 Å². The maximum absolute atomic E-state index is 14.7. The fourth-order valence-corrected chi connectivity index (χ4v) is 3.92. The van der Waals surface area contributed by atoms with Crippen LogP contribution in [0.4, 0.5) is 9.18 Å². The lowest BCUT2D eigenvalue weighted by atomic mass is 9.92. The number of amides is 1. The summed E-state index contributed by atoms with van der Waals surface area (Å²) >= 11 is 6.17. The van der Waals surface area contributed by atoms with Gasteiger partial charge in [0, 0.05) is 33.7 Å². The summed E-state index contributed by atoms with van der Waals surface area (Å²) in [5, 5.41) is 1.66. The van der Waals surface area contributed by atoms with E-state index in [0.29, 0.717) is 30.2 Å². The molecule has 1 unspecified atom stereocenters. The summed E-state index contributed by atoms with van der Waals surface area (Å²) in [6.45, 7) is 2.74. The minimum atomic E-state index is -0.564. The number of H-pyrrole nitrogens is 1. The van der Waals surface area contributed by atoms with Gasteiger partial charge in [-0.3, -0.25) is 4.90 Å². The molecule has 1 aliphatic rings. The van der Waals surface area contributed by atoms with Gasteiger partial charge < -0.3 is 9.72 Å². The molecule has 1 atom stereocenters. The Bertz CT molecular complexity index is 1000. The second-order valence-electron chi connectivity index (χ2n) is 6.69. The number of hydrogen-bond acceptors (Lipinski definition) is 2. The molecule has 0 bridgehead atoms. The molecule has 0 aliphatic carbocycles. The second kappa shape index (κ2) is 7.24. The summed E-state index contributed by atoms with van der Waals surface area (Å²) in [5.74, 6) is -0.347. The van der Waals surface area contributed by atoms with E-state index >= 15 is 0 Å². The van der Waals surface area contributed by atoms with Crippen molar-refractivity contribution in [2.75, 3.05) is 13.2 Å². The van der Waals surface area contributed by atoms with E-state index in [4.69, 9.17) is 16.3 Å². The van der Waals surface area contributed by atoms with Crippen molar-refractivity contribution in [2.24, 2.45) is 0 Å². The number of fused-ring (bicyclic) bond motifs is 3. The van der Waals surface area contributed by atoms with E-state index in [-0.39, 0.29) is 5.82 Å². The Labute approximate surface area is 161 Å². The predicted octanol–water partition coefficient (Wildman–Crippen LogP) is 5.45. The fraction of sp³-hybridized carbons (Fsp3) is 0.286. The number of ether oxygens (including phenoxy) is 1. The standard InChI is InChI=1S/C21H20ClFN2O2/c1-2-11-27-21(26)25-10-9-14-16-12-13(22)7-8-18(16)24-19(14)20(25)15-5-3-4-6-17(15)23/h3-8,12,20,24H,2,9-11H2,1H3. The van der Waals surface area contributed by atoms with Crippen LogP contribution < -0.4 is 0 Å². The Morgan fingerprint density at radius 2 is 2.15 bits per heavy atom. The highest BCUT2D eigenvalue weighted by molar-refractivity contribution is 6.31. The SMILES string of the molecule is CCCOC(=O)N1CCc2c([nH]c3ccc(Cl)cc23)C1c1ccccc1F. The molecule has 4 nitrogen and oxygen atoms in total. The van der Waals surface area contributed by atoms with Crippen molar-refractivity contribution >= 4 is 28.6 Å². The third-order valence-corrected chi connectivity index (χ3v) is 5.19. The number of benzene rings is 2. The number of aromatic nitrogens is 1. The number of hydrogen-bond donors (Lipinski definition) is 1. The summed E-state index contributed by atoms with van der Waals surface area (Å²) in [4.78, 5) is 17.7. The molecule has 4 rings (SSSR count). The van der Waals surface area contributed by atoms with Gasteiger partial charge in [-0.15, -0.1) is 0 Å². The number of rotatable bonds is 3. The highest BCUT2D eigenvalue weighted by Gasteiger charge is 2.36. The van der Waals surface area contributed by atoms with Crippen LogP contribution in [0.15, 0.2) is 42.5 Å². The Morgan fingerprint density at radius 3 is 2.93 bits per heavy atom. The molecule has 0 fully saturated rings. The van der Waals surface area contributed by atoms with E-state index in [1.165, 1.54) is 6.07 Å². The fourth-order valence-electron chi connectivity index (χ4n) is 3.75. The zero-order valence-electron chi connectivity index (χ0n) is 15.0. The minimum absolute atomic E-state index is 0.342. The minimum Gasteiger partial charge on any atom is -0.449 e. The van der Waals surface area contributed by atoms with Gasteiger partial charge in [0.2, 0.25) is 0 Å². The maximum Gasteiger partial charge on any atom is 0.410 e. The van der Waals surface area contributed by atoms with Crippen molar-refractivity contribution in [1.82, 2.24) is 9.88 Å². The first-order valence-electron chi connectivity index (χ1n) is 9.08. The number of carbonyl (C=O) groups excluding carboxylic acids is 1. The van der Waals surface area contributed by atoms with E-state index < -0.39 is 12.1 Å². The van der Waals surface area contributed by atoms with E-state index in [1.54, 1.807) is 23.1 Å². The Kier molecular flexibility index (Phi) is 4.79. The summed E-state index contributed by atoms with van der Waals surface area (Å²) in [6, 6.07) is 11.6. The second-order valence-corrected chi connectivity index (χ2v) is 7.13. The number of aromatic amines is 1. The van der Waals surface area contributed by atoms with Crippen LogP contribution in [0.2, 0.25) is 5.02 Å². The molecule has 0 saturated carbocycles. The molecular weight excluding hydrogens is 367 g/mol. The monoisotopic (exact) mass is 386 g/mol. The Hall–Kier alpha value is -2.53. The van der Waals surface area contributed by atoms with Gasteiger partial charge in [0.15, 0.2) is 0 Å². The summed E-state index contributed by atoms with van der Waals surface area (Å²) in [6.07, 6.45) is 0.967. The van der Waals surface area contributed by atoms with Crippen LogP contribution in [-0.4, -0.2) is 29.1 Å². The van der Waals surface area contributed by atoms with Crippen LogP contribution in [0.5, 0.6) is 0 Å². The molecule has 0 radical (unpaired) electrons. The lowest BCUT2D eigenvalue weighted by molar-refractivity contribution is 0.0883. The van der Waals surface area contributed by atoms with Gasteiger partial charge in [-0.2, -0.15) is 0 Å². The molecule has 2 heterocycles. The van der Waals surface area contributed by atoms with Crippen molar-refractivity contribution in [3.8, 4) is 0 Å². The topological polar surface area (TPSA) is 45.3 Å². The van der Waals surface area contributed by atoms with Crippen LogP contribution in [-0.2, 0) is 11.2 Å². The zero-order valence-corrected chi connectivity index (χ0v) is 15.7. The van der Waals surface area contributed by atoms with Crippen molar-refractivity contribution in [2.45, 2.75) is 25.8 Å². The van der Waals surface area contributed by atoms with E-state index in [0.717, 1.165) is 28.6 Å². The van der Waals surface area contributed by atoms with Gasteiger partial charge >= 0.3 is 6.09 Å². The van der Waals surface area contributed by atoms with Crippen molar-refractivity contribution < 1.29 is 13.9 Å². The van der Waals surface area contributed by atoms with Gasteiger partial charge in [0.05, 0.1) is 6.61 Å². The number of nitrogens with zero attached hydrogens (tertiary/aromatic N) is 1. The molecule has 2 aromatic carbocycles. The maximum atomic E-state index is 14.7. The third kappa shape index (κ3) is 3.16. The van der Waals surface area contributed by atoms with Crippen LogP contribution in [0.25, 0.3) is 10.9 Å². The van der Waals surface area contributed by atoms with Gasteiger partial charge in [-0.1, -0.05) is 36.7 Å². The number of halogens is 2. The summed E-state index contributed by atoms with van der Waals surface area (Å²) in [5.41, 5.74) is 3.26. The first-order valence-corrected chi connectivity index (χ1v) is 9.45. The molecule has 6 heteroatoms. The quantitative estimate of drug-likeness (QED) is 0.650. The Balaban J connectivity index is 1.86. The molecular formula is C21H20ClFN2O2. The average molecular weight is 387 g/mol. The van der Waals surface area contributed by atoms with Gasteiger partial charge in [0.1, 0.15) is 11.9 Å². The zero-order chi connectivity index (χ0) is 19.0. The number of nitrogens with one attached hydrogen (secondary N) is 1. The van der Waals surface area contributed by atoms with Crippen LogP contribution in [0.3, 0.4) is 0 Å². The molecule has 3 aromatic rings. The lowest BCUT2D eigenvalue weighted by Crippen LogP contribution is -2.41. The molecule has 0 saturated heterocycles. The average Bonchev–Trinajstić information content (AvgIpc) is 3.04. The highest BCUT2D eigenvalue weighted by atomic mass is 35.5. The molecule has 1 N–H and O–H groups in total. The van der Waals surface area contributed by atoms with Crippen LogP contribution >= 0.6 is 11.6 Å². The highest BCUT2D eigenvalue weighted by Crippen LogP contribution is 2.40. The predicted molar refractivity (Wildman–Crippen MR) is 104 cm³/mol.